The van der Waals surface area contributed by atoms with E-state index < -0.39 is 0 Å². The van der Waals surface area contributed by atoms with E-state index in [1.54, 1.807) is 0 Å². The summed E-state index contributed by atoms with van der Waals surface area (Å²) in [6.45, 7) is 9.11. The summed E-state index contributed by atoms with van der Waals surface area (Å²) in [5.41, 5.74) is 2.73. The van der Waals surface area contributed by atoms with Crippen LogP contribution >= 0.6 is 12.2 Å². The second-order valence-corrected chi connectivity index (χ2v) is 3.30. The minimum absolute atomic E-state index is 0.862. The smallest absolute Gasteiger partial charge is 0.0724 e. The number of thiocarbonyl (C=S) groups is 1. The molecule has 0 amide bonds. The van der Waals surface area contributed by atoms with Gasteiger partial charge in [-0.3, -0.25) is 0 Å². The maximum Gasteiger partial charge on any atom is 0.0724 e. The third-order valence-electron chi connectivity index (χ3n) is 1.46. The molecule has 0 aliphatic carbocycles. The van der Waals surface area contributed by atoms with E-state index in [1.807, 2.05) is 6.92 Å². The largest absolute Gasteiger partial charge is 0.376 e. The van der Waals surface area contributed by atoms with Crippen molar-refractivity contribution in [3.8, 4) is 0 Å². The molecule has 2 heteroatoms. The molecular weight excluding hydrogens is 142 g/mol. The van der Waals surface area contributed by atoms with Crippen LogP contribution in [-0.4, -0.2) is 11.5 Å². The van der Waals surface area contributed by atoms with Crippen molar-refractivity contribution in [1.29, 1.82) is 0 Å². The van der Waals surface area contributed by atoms with E-state index in [2.05, 4.69) is 26.1 Å². The number of rotatable bonds is 2. The molecule has 10 heavy (non-hydrogen) atoms. The average Bonchev–Trinajstić information content (AvgIpc) is 1.82. The van der Waals surface area contributed by atoms with Crippen LogP contribution in [0, 0.1) is 0 Å². The van der Waals surface area contributed by atoms with E-state index in [9.17, 15) is 0 Å². The SMILES string of the molecule is CC(=S)NCC(C)=C(C)C. The second kappa shape index (κ2) is 4.45. The van der Waals surface area contributed by atoms with Crippen molar-refractivity contribution in [1.82, 2.24) is 5.32 Å². The first-order chi connectivity index (χ1) is 4.54. The zero-order valence-corrected chi connectivity index (χ0v) is 7.93. The van der Waals surface area contributed by atoms with Crippen molar-refractivity contribution in [3.05, 3.63) is 11.1 Å². The summed E-state index contributed by atoms with van der Waals surface area (Å²) in [6, 6.07) is 0. The van der Waals surface area contributed by atoms with Gasteiger partial charge >= 0.3 is 0 Å². The Hall–Kier alpha value is -0.370. The Labute approximate surface area is 68.5 Å². The van der Waals surface area contributed by atoms with E-state index in [4.69, 9.17) is 12.2 Å². The van der Waals surface area contributed by atoms with Crippen LogP contribution in [0.4, 0.5) is 0 Å². The van der Waals surface area contributed by atoms with Gasteiger partial charge in [-0.25, -0.2) is 0 Å². The van der Waals surface area contributed by atoms with Gasteiger partial charge in [0.25, 0.3) is 0 Å². The van der Waals surface area contributed by atoms with Crippen molar-refractivity contribution in [3.63, 3.8) is 0 Å². The Morgan fingerprint density at radius 1 is 1.20 bits per heavy atom. The van der Waals surface area contributed by atoms with Gasteiger partial charge in [0, 0.05) is 6.54 Å². The van der Waals surface area contributed by atoms with Crippen molar-refractivity contribution in [2.24, 2.45) is 0 Å². The van der Waals surface area contributed by atoms with Gasteiger partial charge in [0.15, 0.2) is 0 Å². The highest BCUT2D eigenvalue weighted by Gasteiger charge is 1.90. The average molecular weight is 157 g/mol. The van der Waals surface area contributed by atoms with Gasteiger partial charge in [0.1, 0.15) is 0 Å². The quantitative estimate of drug-likeness (QED) is 0.487. The molecule has 0 aromatic rings. The molecule has 0 aromatic heterocycles. The number of nitrogens with one attached hydrogen (secondary N) is 1. The highest BCUT2D eigenvalue weighted by atomic mass is 32.1. The van der Waals surface area contributed by atoms with Crippen molar-refractivity contribution in [2.75, 3.05) is 6.54 Å². The van der Waals surface area contributed by atoms with Crippen molar-refractivity contribution >= 4 is 17.2 Å². The molecule has 0 atom stereocenters. The summed E-state index contributed by atoms with van der Waals surface area (Å²) >= 11 is 4.87. The van der Waals surface area contributed by atoms with E-state index in [0.717, 1.165) is 11.5 Å². The number of hydrogen-bond donors (Lipinski definition) is 1. The molecular formula is C8H15NS. The lowest BCUT2D eigenvalue weighted by molar-refractivity contribution is 0.971. The van der Waals surface area contributed by atoms with E-state index in [0.29, 0.717) is 0 Å². The van der Waals surface area contributed by atoms with Gasteiger partial charge in [-0.2, -0.15) is 0 Å². The molecule has 0 heterocycles. The summed E-state index contributed by atoms with van der Waals surface area (Å²) in [5.74, 6) is 0. The summed E-state index contributed by atoms with van der Waals surface area (Å²) in [4.78, 5) is 0.862. The fourth-order valence-electron chi connectivity index (χ4n) is 0.434. The summed E-state index contributed by atoms with van der Waals surface area (Å²) in [6.07, 6.45) is 0. The van der Waals surface area contributed by atoms with Crippen LogP contribution in [0.5, 0.6) is 0 Å². The second-order valence-electron chi connectivity index (χ2n) is 2.69. The Morgan fingerprint density at radius 3 is 2.00 bits per heavy atom. The van der Waals surface area contributed by atoms with Gasteiger partial charge in [-0.15, -0.1) is 0 Å². The predicted molar refractivity (Wildman–Crippen MR) is 50.3 cm³/mol. The molecule has 0 saturated heterocycles. The molecule has 0 aliphatic heterocycles. The minimum atomic E-state index is 0.862. The number of allylic oxidation sites excluding steroid dienone is 1. The van der Waals surface area contributed by atoms with Gasteiger partial charge in [0.2, 0.25) is 0 Å². The minimum Gasteiger partial charge on any atom is -0.376 e. The van der Waals surface area contributed by atoms with Gasteiger partial charge in [0.05, 0.1) is 4.99 Å². The Kier molecular flexibility index (Phi) is 4.28. The normalized spacial score (nSPS) is 8.80. The first-order valence-corrected chi connectivity index (χ1v) is 3.82. The first kappa shape index (κ1) is 9.63. The molecule has 0 aliphatic rings. The van der Waals surface area contributed by atoms with Crippen molar-refractivity contribution in [2.45, 2.75) is 27.7 Å². The molecule has 0 radical (unpaired) electrons. The van der Waals surface area contributed by atoms with Gasteiger partial charge in [-0.05, 0) is 27.7 Å². The maximum atomic E-state index is 4.87. The lowest BCUT2D eigenvalue weighted by Crippen LogP contribution is -2.20. The monoisotopic (exact) mass is 157 g/mol. The molecule has 0 saturated carbocycles. The lowest BCUT2D eigenvalue weighted by atomic mass is 10.2. The predicted octanol–water partition coefficient (Wildman–Crippen LogP) is 2.28. The lowest BCUT2D eigenvalue weighted by Gasteiger charge is -2.05. The Morgan fingerprint density at radius 2 is 1.70 bits per heavy atom. The van der Waals surface area contributed by atoms with Crippen LogP contribution in [-0.2, 0) is 0 Å². The van der Waals surface area contributed by atoms with E-state index in [1.165, 1.54) is 11.1 Å². The maximum absolute atomic E-state index is 4.87. The molecule has 0 aromatic carbocycles. The molecule has 1 nitrogen and oxygen atoms in total. The van der Waals surface area contributed by atoms with Crippen LogP contribution in [0.2, 0.25) is 0 Å². The van der Waals surface area contributed by atoms with Crippen LogP contribution in [0.1, 0.15) is 27.7 Å². The fourth-order valence-corrected chi connectivity index (χ4v) is 0.506. The molecule has 0 unspecified atom stereocenters. The molecule has 0 rings (SSSR count). The molecule has 0 fully saturated rings. The zero-order chi connectivity index (χ0) is 8.15. The van der Waals surface area contributed by atoms with Gasteiger partial charge in [-0.1, -0.05) is 23.4 Å². The number of hydrogen-bond acceptors (Lipinski definition) is 1. The summed E-state index contributed by atoms with van der Waals surface area (Å²) < 4.78 is 0. The Bertz CT molecular complexity index is 155. The highest BCUT2D eigenvalue weighted by Crippen LogP contribution is 1.98. The molecule has 58 valence electrons. The third kappa shape index (κ3) is 4.50. The van der Waals surface area contributed by atoms with Crippen LogP contribution in [0.15, 0.2) is 11.1 Å². The van der Waals surface area contributed by atoms with Crippen LogP contribution in [0.25, 0.3) is 0 Å². The van der Waals surface area contributed by atoms with Crippen LogP contribution < -0.4 is 5.32 Å². The summed E-state index contributed by atoms with van der Waals surface area (Å²) in [5, 5.41) is 3.10. The Balaban J connectivity index is 3.71. The summed E-state index contributed by atoms with van der Waals surface area (Å²) in [7, 11) is 0. The van der Waals surface area contributed by atoms with Crippen LogP contribution in [0.3, 0.4) is 0 Å². The zero-order valence-electron chi connectivity index (χ0n) is 7.12. The van der Waals surface area contributed by atoms with E-state index >= 15 is 0 Å². The first-order valence-electron chi connectivity index (χ1n) is 3.41. The highest BCUT2D eigenvalue weighted by molar-refractivity contribution is 7.80. The molecule has 0 bridgehead atoms. The fraction of sp³-hybridized carbons (Fsp3) is 0.625. The third-order valence-corrected chi connectivity index (χ3v) is 1.60. The standard InChI is InChI=1S/C8H15NS/c1-6(2)7(3)5-9-8(4)10/h5H2,1-4H3,(H,9,10). The van der Waals surface area contributed by atoms with Gasteiger partial charge < -0.3 is 5.32 Å². The van der Waals surface area contributed by atoms with E-state index in [-0.39, 0.29) is 0 Å². The van der Waals surface area contributed by atoms with Crippen molar-refractivity contribution < 1.29 is 0 Å². The topological polar surface area (TPSA) is 12.0 Å². The molecule has 1 N–H and O–H groups in total. The molecule has 0 spiro atoms.